The van der Waals surface area contributed by atoms with Crippen molar-refractivity contribution in [2.75, 3.05) is 50.1 Å². The van der Waals surface area contributed by atoms with Gasteiger partial charge in [-0.2, -0.15) is 0 Å². The molecule has 0 saturated carbocycles. The third kappa shape index (κ3) is 4.51. The predicted molar refractivity (Wildman–Crippen MR) is 119 cm³/mol. The van der Waals surface area contributed by atoms with E-state index in [0.29, 0.717) is 6.42 Å². The molecule has 0 aliphatic carbocycles. The number of fused-ring (bicyclic) bond motifs is 1. The van der Waals surface area contributed by atoms with E-state index in [-0.39, 0.29) is 5.91 Å². The Morgan fingerprint density at radius 3 is 2.48 bits per heavy atom. The first-order valence-electron chi connectivity index (χ1n) is 10.1. The number of nitrogens with zero attached hydrogens (tertiary/aromatic N) is 2. The maximum Gasteiger partial charge on any atom is 0.225 e. The van der Waals surface area contributed by atoms with Crippen molar-refractivity contribution < 1.29 is 9.53 Å². The third-order valence-electron chi connectivity index (χ3n) is 5.52. The van der Waals surface area contributed by atoms with Gasteiger partial charge in [-0.25, -0.2) is 0 Å². The first-order valence-corrected chi connectivity index (χ1v) is 10.1. The van der Waals surface area contributed by atoms with E-state index in [2.05, 4.69) is 33.3 Å². The second kappa shape index (κ2) is 8.97. The van der Waals surface area contributed by atoms with Gasteiger partial charge in [-0.1, -0.05) is 48.5 Å². The van der Waals surface area contributed by atoms with E-state index in [0.717, 1.165) is 60.6 Å². The van der Waals surface area contributed by atoms with Crippen LogP contribution in [0.3, 0.4) is 0 Å². The summed E-state index contributed by atoms with van der Waals surface area (Å²) >= 11 is 0. The van der Waals surface area contributed by atoms with Gasteiger partial charge in [0.25, 0.3) is 0 Å². The van der Waals surface area contributed by atoms with Gasteiger partial charge in [0.2, 0.25) is 5.91 Å². The Hall–Kier alpha value is -3.05. The second-order valence-corrected chi connectivity index (χ2v) is 7.33. The fraction of sp³-hybridized carbons (Fsp3) is 0.292. The lowest BCUT2D eigenvalue weighted by atomic mass is 10.1. The number of rotatable bonds is 6. The Kier molecular flexibility index (Phi) is 5.96. The summed E-state index contributed by atoms with van der Waals surface area (Å²) in [6.07, 6.45) is 0.498. The van der Waals surface area contributed by atoms with E-state index in [4.69, 9.17) is 4.74 Å². The summed E-state index contributed by atoms with van der Waals surface area (Å²) < 4.78 is 5.48. The van der Waals surface area contributed by atoms with Crippen molar-refractivity contribution in [3.8, 4) is 5.75 Å². The SMILES string of the molecule is COc1ccccc1N1CCN(CCC(=O)Nc2cccc3ccccc23)CC1. The molecule has 1 aliphatic heterocycles. The van der Waals surface area contributed by atoms with E-state index in [9.17, 15) is 4.79 Å². The van der Waals surface area contributed by atoms with Gasteiger partial charge in [0, 0.05) is 50.2 Å². The van der Waals surface area contributed by atoms with Crippen LogP contribution in [-0.4, -0.2) is 50.6 Å². The molecule has 1 amide bonds. The normalized spacial score (nSPS) is 14.7. The van der Waals surface area contributed by atoms with Crippen LogP contribution in [0.2, 0.25) is 0 Å². The maximum absolute atomic E-state index is 12.5. The summed E-state index contributed by atoms with van der Waals surface area (Å²) in [6, 6.07) is 22.3. The number of benzene rings is 3. The Morgan fingerprint density at radius 2 is 1.66 bits per heavy atom. The summed E-state index contributed by atoms with van der Waals surface area (Å²) in [5, 5.41) is 5.30. The number of ether oxygens (including phenoxy) is 1. The smallest absolute Gasteiger partial charge is 0.225 e. The molecule has 4 rings (SSSR count). The molecule has 0 bridgehead atoms. The van der Waals surface area contributed by atoms with Crippen molar-refractivity contribution in [2.24, 2.45) is 0 Å². The molecule has 0 spiro atoms. The highest BCUT2D eigenvalue weighted by Gasteiger charge is 2.20. The fourth-order valence-electron chi connectivity index (χ4n) is 3.91. The number of nitrogens with one attached hydrogen (secondary N) is 1. The van der Waals surface area contributed by atoms with Crippen LogP contribution < -0.4 is 15.0 Å². The number of hydrogen-bond donors (Lipinski definition) is 1. The van der Waals surface area contributed by atoms with Crippen molar-refractivity contribution >= 4 is 28.1 Å². The van der Waals surface area contributed by atoms with Crippen molar-refractivity contribution in [1.82, 2.24) is 4.90 Å². The van der Waals surface area contributed by atoms with Crippen LogP contribution in [0.15, 0.2) is 66.7 Å². The minimum Gasteiger partial charge on any atom is -0.495 e. The number of piperazine rings is 1. The van der Waals surface area contributed by atoms with Gasteiger partial charge in [0.05, 0.1) is 12.8 Å². The molecule has 1 saturated heterocycles. The lowest BCUT2D eigenvalue weighted by Crippen LogP contribution is -2.47. The molecule has 0 radical (unpaired) electrons. The van der Waals surface area contributed by atoms with Gasteiger partial charge in [-0.15, -0.1) is 0 Å². The highest BCUT2D eigenvalue weighted by atomic mass is 16.5. The van der Waals surface area contributed by atoms with Crippen molar-refractivity contribution in [1.29, 1.82) is 0 Å². The van der Waals surface area contributed by atoms with Crippen LogP contribution in [0.4, 0.5) is 11.4 Å². The van der Waals surface area contributed by atoms with Crippen molar-refractivity contribution in [2.45, 2.75) is 6.42 Å². The molecule has 1 heterocycles. The molecule has 5 nitrogen and oxygen atoms in total. The average molecular weight is 389 g/mol. The first kappa shape index (κ1) is 19.3. The zero-order valence-electron chi connectivity index (χ0n) is 16.8. The van der Waals surface area contributed by atoms with Crippen LogP contribution in [0, 0.1) is 0 Å². The molecule has 5 heteroatoms. The molecule has 3 aromatic rings. The van der Waals surface area contributed by atoms with Gasteiger partial charge in [0.1, 0.15) is 5.75 Å². The molecule has 0 atom stereocenters. The van der Waals surface area contributed by atoms with Gasteiger partial charge in [-0.05, 0) is 23.6 Å². The average Bonchev–Trinajstić information content (AvgIpc) is 2.78. The van der Waals surface area contributed by atoms with Crippen LogP contribution in [-0.2, 0) is 4.79 Å². The second-order valence-electron chi connectivity index (χ2n) is 7.33. The summed E-state index contributed by atoms with van der Waals surface area (Å²) in [5.41, 5.74) is 2.03. The molecule has 1 aliphatic rings. The Morgan fingerprint density at radius 1 is 0.931 bits per heavy atom. The van der Waals surface area contributed by atoms with Crippen LogP contribution >= 0.6 is 0 Å². The van der Waals surface area contributed by atoms with E-state index in [1.807, 2.05) is 48.5 Å². The fourth-order valence-corrected chi connectivity index (χ4v) is 3.91. The number of anilines is 2. The van der Waals surface area contributed by atoms with E-state index in [1.165, 1.54) is 0 Å². The Labute approximate surface area is 171 Å². The number of para-hydroxylation sites is 2. The first-order chi connectivity index (χ1) is 14.2. The van der Waals surface area contributed by atoms with Crippen molar-refractivity contribution in [3.05, 3.63) is 66.7 Å². The van der Waals surface area contributed by atoms with Crippen LogP contribution in [0.5, 0.6) is 5.75 Å². The van der Waals surface area contributed by atoms with E-state index < -0.39 is 0 Å². The van der Waals surface area contributed by atoms with Gasteiger partial charge >= 0.3 is 0 Å². The van der Waals surface area contributed by atoms with Gasteiger partial charge in [-0.3, -0.25) is 9.69 Å². The quantitative estimate of drug-likeness (QED) is 0.692. The molecule has 1 N–H and O–H groups in total. The van der Waals surface area contributed by atoms with E-state index in [1.54, 1.807) is 7.11 Å². The lowest BCUT2D eigenvalue weighted by molar-refractivity contribution is -0.116. The van der Waals surface area contributed by atoms with Crippen LogP contribution in [0.1, 0.15) is 6.42 Å². The molecular formula is C24H27N3O2. The maximum atomic E-state index is 12.5. The van der Waals surface area contributed by atoms with E-state index >= 15 is 0 Å². The summed E-state index contributed by atoms with van der Waals surface area (Å²) in [7, 11) is 1.71. The van der Waals surface area contributed by atoms with Crippen LogP contribution in [0.25, 0.3) is 10.8 Å². The summed E-state index contributed by atoms with van der Waals surface area (Å²) in [6.45, 7) is 4.53. The standard InChI is InChI=1S/C24H27N3O2/c1-29-23-12-5-4-11-22(23)27-17-15-26(16-18-27)14-13-24(28)25-21-10-6-8-19-7-2-3-9-20(19)21/h2-12H,13-18H2,1H3,(H,25,28). The minimum atomic E-state index is 0.0634. The number of carbonyl (C=O) groups is 1. The molecule has 1 fully saturated rings. The summed E-state index contributed by atoms with van der Waals surface area (Å²) in [5.74, 6) is 0.976. The lowest BCUT2D eigenvalue weighted by Gasteiger charge is -2.36. The number of hydrogen-bond acceptors (Lipinski definition) is 4. The molecule has 29 heavy (non-hydrogen) atoms. The topological polar surface area (TPSA) is 44.8 Å². The number of amides is 1. The highest BCUT2D eigenvalue weighted by molar-refractivity contribution is 6.02. The highest BCUT2D eigenvalue weighted by Crippen LogP contribution is 2.28. The Bertz CT molecular complexity index is 975. The third-order valence-corrected chi connectivity index (χ3v) is 5.52. The molecular weight excluding hydrogens is 362 g/mol. The zero-order valence-corrected chi connectivity index (χ0v) is 16.8. The van der Waals surface area contributed by atoms with Crippen molar-refractivity contribution in [3.63, 3.8) is 0 Å². The molecule has 150 valence electrons. The van der Waals surface area contributed by atoms with Gasteiger partial charge < -0.3 is 15.0 Å². The minimum absolute atomic E-state index is 0.0634. The molecule has 0 aromatic heterocycles. The predicted octanol–water partition coefficient (Wildman–Crippen LogP) is 4.00. The number of methoxy groups -OCH3 is 1. The summed E-state index contributed by atoms with van der Waals surface area (Å²) in [4.78, 5) is 17.2. The molecule has 0 unspecified atom stereocenters. The van der Waals surface area contributed by atoms with Gasteiger partial charge in [0.15, 0.2) is 0 Å². The Balaban J connectivity index is 1.28. The monoisotopic (exact) mass is 389 g/mol. The largest absolute Gasteiger partial charge is 0.495 e. The number of carbonyl (C=O) groups excluding carboxylic acids is 1. The zero-order chi connectivity index (χ0) is 20.1. The molecule has 3 aromatic carbocycles.